The van der Waals surface area contributed by atoms with E-state index in [9.17, 15) is 0 Å². The molecule has 0 radical (unpaired) electrons. The minimum atomic E-state index is 0.0636. The Hall–Kier alpha value is -1.59. The lowest BCUT2D eigenvalue weighted by Gasteiger charge is -2.19. The van der Waals surface area contributed by atoms with Crippen molar-refractivity contribution in [2.24, 2.45) is 0 Å². The third kappa shape index (κ3) is 5.02. The number of nitrogens with one attached hydrogen (secondary N) is 1. The van der Waals surface area contributed by atoms with E-state index in [1.165, 1.54) is 0 Å². The molecule has 112 valence electrons. The molecule has 0 atom stereocenters. The second-order valence-electron chi connectivity index (χ2n) is 5.70. The molecule has 0 aliphatic heterocycles. The van der Waals surface area contributed by atoms with Crippen LogP contribution in [0.4, 0.5) is 0 Å². The zero-order valence-corrected chi connectivity index (χ0v) is 13.7. The summed E-state index contributed by atoms with van der Waals surface area (Å²) in [5.74, 6) is 1.32. The minimum Gasteiger partial charge on any atom is -0.436 e. The van der Waals surface area contributed by atoms with E-state index in [2.05, 4.69) is 36.1 Å². The van der Waals surface area contributed by atoms with Crippen LogP contribution in [0.15, 0.2) is 41.6 Å². The number of aromatic nitrogens is 2. The molecule has 21 heavy (non-hydrogen) atoms. The fourth-order valence-corrected chi connectivity index (χ4v) is 2.18. The first-order valence-corrected chi connectivity index (χ1v) is 8.07. The normalized spacial score (nSPS) is 11.4. The fourth-order valence-electron chi connectivity index (χ4n) is 1.66. The summed E-state index contributed by atoms with van der Waals surface area (Å²) in [5, 5.41) is 3.38. The summed E-state index contributed by atoms with van der Waals surface area (Å²) in [5.41, 5.74) is 0.962. The van der Waals surface area contributed by atoms with E-state index in [1.54, 1.807) is 24.2 Å². The lowest BCUT2D eigenvalue weighted by Crippen LogP contribution is -2.35. The van der Waals surface area contributed by atoms with Crippen LogP contribution in [-0.4, -0.2) is 21.8 Å². The summed E-state index contributed by atoms with van der Waals surface area (Å²) in [7, 11) is 0. The van der Waals surface area contributed by atoms with Crippen molar-refractivity contribution in [3.63, 3.8) is 0 Å². The van der Waals surface area contributed by atoms with E-state index in [4.69, 9.17) is 4.74 Å². The van der Waals surface area contributed by atoms with E-state index in [-0.39, 0.29) is 5.54 Å². The molecule has 1 aromatic carbocycles. The highest BCUT2D eigenvalue weighted by atomic mass is 32.2. The van der Waals surface area contributed by atoms with E-state index in [0.29, 0.717) is 12.4 Å². The van der Waals surface area contributed by atoms with Gasteiger partial charge in [-0.05, 0) is 39.2 Å². The van der Waals surface area contributed by atoms with Gasteiger partial charge in [-0.2, -0.15) is 0 Å². The van der Waals surface area contributed by atoms with E-state index in [0.717, 1.165) is 16.3 Å². The maximum Gasteiger partial charge on any atom is 0.237 e. The first kappa shape index (κ1) is 15.8. The molecule has 0 fully saturated rings. The molecule has 0 aliphatic carbocycles. The zero-order valence-electron chi connectivity index (χ0n) is 12.9. The number of hydrogen-bond donors (Lipinski definition) is 1. The monoisotopic (exact) mass is 303 g/mol. The molecule has 1 heterocycles. The van der Waals surface area contributed by atoms with Crippen LogP contribution in [0.5, 0.6) is 11.6 Å². The highest BCUT2D eigenvalue weighted by Crippen LogP contribution is 2.29. The number of rotatable bonds is 5. The van der Waals surface area contributed by atoms with Gasteiger partial charge in [-0.3, -0.25) is 4.98 Å². The van der Waals surface area contributed by atoms with Crippen LogP contribution >= 0.6 is 11.8 Å². The summed E-state index contributed by atoms with van der Waals surface area (Å²) < 4.78 is 5.79. The number of hydrogen-bond acceptors (Lipinski definition) is 5. The van der Waals surface area contributed by atoms with Gasteiger partial charge in [0.15, 0.2) is 0 Å². The maximum absolute atomic E-state index is 5.79. The second kappa shape index (κ2) is 6.91. The van der Waals surface area contributed by atoms with Crippen LogP contribution in [0.1, 0.15) is 26.5 Å². The van der Waals surface area contributed by atoms with Gasteiger partial charge in [0.25, 0.3) is 0 Å². The minimum absolute atomic E-state index is 0.0636. The SMILES string of the molecule is CSc1ccccc1Oc1cnc(CNC(C)(C)C)cn1. The molecule has 1 N–H and O–H groups in total. The van der Waals surface area contributed by atoms with Gasteiger partial charge in [0.2, 0.25) is 5.88 Å². The van der Waals surface area contributed by atoms with Crippen LogP contribution in [-0.2, 0) is 6.54 Å². The first-order valence-electron chi connectivity index (χ1n) is 6.85. The molecular formula is C16H21N3OS. The van der Waals surface area contributed by atoms with Crippen molar-refractivity contribution in [2.45, 2.75) is 37.8 Å². The first-order chi connectivity index (χ1) is 9.98. The molecule has 0 saturated heterocycles. The number of benzene rings is 1. The standard InChI is InChI=1S/C16H21N3OS/c1-16(2,3)19-10-12-9-18-15(11-17-12)20-13-7-5-6-8-14(13)21-4/h5-9,11,19H,10H2,1-4H3. The van der Waals surface area contributed by atoms with E-state index < -0.39 is 0 Å². The van der Waals surface area contributed by atoms with E-state index >= 15 is 0 Å². The Kier molecular flexibility index (Phi) is 5.20. The van der Waals surface area contributed by atoms with Crippen molar-refractivity contribution < 1.29 is 4.74 Å². The summed E-state index contributed by atoms with van der Waals surface area (Å²) in [6.45, 7) is 7.06. The third-order valence-electron chi connectivity index (χ3n) is 2.77. The van der Waals surface area contributed by atoms with Crippen LogP contribution in [0.2, 0.25) is 0 Å². The maximum atomic E-state index is 5.79. The van der Waals surface area contributed by atoms with Gasteiger partial charge in [-0.15, -0.1) is 11.8 Å². The Morgan fingerprint density at radius 2 is 1.90 bits per heavy atom. The predicted octanol–water partition coefficient (Wildman–Crippen LogP) is 3.88. The average Bonchev–Trinajstić information content (AvgIpc) is 2.46. The molecule has 4 nitrogen and oxygen atoms in total. The molecular weight excluding hydrogens is 282 g/mol. The molecule has 1 aromatic heterocycles. The topological polar surface area (TPSA) is 47.0 Å². The molecule has 0 amide bonds. The number of nitrogens with zero attached hydrogens (tertiary/aromatic N) is 2. The molecule has 2 aromatic rings. The molecule has 0 unspecified atom stereocenters. The van der Waals surface area contributed by atoms with Gasteiger partial charge in [-0.25, -0.2) is 4.98 Å². The van der Waals surface area contributed by atoms with Crippen molar-refractivity contribution in [1.82, 2.24) is 15.3 Å². The number of ether oxygens (including phenoxy) is 1. The Balaban J connectivity index is 2.02. The van der Waals surface area contributed by atoms with Crippen LogP contribution in [0, 0.1) is 0 Å². The van der Waals surface area contributed by atoms with Crippen LogP contribution in [0.3, 0.4) is 0 Å². The average molecular weight is 303 g/mol. The summed E-state index contributed by atoms with van der Waals surface area (Å²) in [4.78, 5) is 9.77. The molecule has 5 heteroatoms. The van der Waals surface area contributed by atoms with Crippen LogP contribution < -0.4 is 10.1 Å². The van der Waals surface area contributed by atoms with Gasteiger partial charge in [0.05, 0.1) is 18.1 Å². The van der Waals surface area contributed by atoms with Gasteiger partial charge in [0, 0.05) is 17.0 Å². The molecule has 2 rings (SSSR count). The van der Waals surface area contributed by atoms with Crippen molar-refractivity contribution >= 4 is 11.8 Å². The predicted molar refractivity (Wildman–Crippen MR) is 86.9 cm³/mol. The highest BCUT2D eigenvalue weighted by Gasteiger charge is 2.09. The Labute approximate surface area is 130 Å². The highest BCUT2D eigenvalue weighted by molar-refractivity contribution is 7.98. The van der Waals surface area contributed by atoms with Crippen LogP contribution in [0.25, 0.3) is 0 Å². The van der Waals surface area contributed by atoms with E-state index in [1.807, 2.05) is 30.5 Å². The van der Waals surface area contributed by atoms with Gasteiger partial charge in [0.1, 0.15) is 5.75 Å². The Morgan fingerprint density at radius 1 is 1.14 bits per heavy atom. The molecule has 0 bridgehead atoms. The van der Waals surface area contributed by atoms with Gasteiger partial charge < -0.3 is 10.1 Å². The molecule has 0 saturated carbocycles. The van der Waals surface area contributed by atoms with Crippen molar-refractivity contribution in [3.05, 3.63) is 42.4 Å². The van der Waals surface area contributed by atoms with Gasteiger partial charge in [-0.1, -0.05) is 12.1 Å². The van der Waals surface area contributed by atoms with Crippen molar-refractivity contribution in [3.8, 4) is 11.6 Å². The Morgan fingerprint density at radius 3 is 2.52 bits per heavy atom. The summed E-state index contributed by atoms with van der Waals surface area (Å²) >= 11 is 1.65. The number of thioether (sulfide) groups is 1. The molecule has 0 spiro atoms. The number of para-hydroxylation sites is 1. The van der Waals surface area contributed by atoms with Gasteiger partial charge >= 0.3 is 0 Å². The third-order valence-corrected chi connectivity index (χ3v) is 3.54. The van der Waals surface area contributed by atoms with Crippen molar-refractivity contribution in [2.75, 3.05) is 6.26 Å². The Bertz CT molecular complexity index is 579. The summed E-state index contributed by atoms with van der Waals surface area (Å²) in [6, 6.07) is 7.90. The largest absolute Gasteiger partial charge is 0.436 e. The fraction of sp³-hybridized carbons (Fsp3) is 0.375. The smallest absolute Gasteiger partial charge is 0.237 e. The lowest BCUT2D eigenvalue weighted by atomic mass is 10.1. The second-order valence-corrected chi connectivity index (χ2v) is 6.55. The zero-order chi connectivity index (χ0) is 15.3. The van der Waals surface area contributed by atoms with Crippen molar-refractivity contribution in [1.29, 1.82) is 0 Å². The lowest BCUT2D eigenvalue weighted by molar-refractivity contribution is 0.418. The quantitative estimate of drug-likeness (QED) is 0.849. The summed E-state index contributed by atoms with van der Waals surface area (Å²) in [6.07, 6.45) is 5.43. The molecule has 0 aliphatic rings.